The van der Waals surface area contributed by atoms with Gasteiger partial charge >= 0.3 is 0 Å². The number of hydrogen-bond acceptors (Lipinski definition) is 2. The van der Waals surface area contributed by atoms with Crippen molar-refractivity contribution in [2.45, 2.75) is 0 Å². The van der Waals surface area contributed by atoms with Crippen molar-refractivity contribution in [1.82, 2.24) is 4.57 Å². The lowest BCUT2D eigenvalue weighted by atomic mass is 9.93. The van der Waals surface area contributed by atoms with Crippen molar-refractivity contribution in [1.29, 1.82) is 0 Å². The first kappa shape index (κ1) is 38.5. The van der Waals surface area contributed by atoms with Crippen molar-refractivity contribution in [3.63, 3.8) is 0 Å². The molecule has 0 aliphatic rings. The lowest BCUT2D eigenvalue weighted by Crippen LogP contribution is -2.11. The fraction of sp³-hybridized carbons (Fsp3) is 0. The van der Waals surface area contributed by atoms with Crippen molar-refractivity contribution in [2.24, 2.45) is 0 Å². The van der Waals surface area contributed by atoms with Gasteiger partial charge in [0.2, 0.25) is 0 Å². The lowest BCUT2D eigenvalue weighted by molar-refractivity contribution is 0.669. The minimum absolute atomic E-state index is 0.889. The number of fused-ring (bicyclic) bond motifs is 7. The van der Waals surface area contributed by atoms with Crippen LogP contribution in [0.25, 0.3) is 105 Å². The third-order valence-electron chi connectivity index (χ3n) is 13.4. The van der Waals surface area contributed by atoms with E-state index in [1.807, 2.05) is 12.1 Å². The Hall–Kier alpha value is -8.92. The second-order valence-corrected chi connectivity index (χ2v) is 17.3. The number of rotatable bonds is 8. The van der Waals surface area contributed by atoms with Crippen LogP contribution in [0.3, 0.4) is 0 Å². The predicted octanol–water partition coefficient (Wildman–Crippen LogP) is 18.0. The van der Waals surface area contributed by atoms with Gasteiger partial charge in [-0.2, -0.15) is 0 Å². The molecule has 0 amide bonds. The van der Waals surface area contributed by atoms with E-state index in [2.05, 4.69) is 252 Å². The van der Waals surface area contributed by atoms with Crippen LogP contribution in [0.15, 0.2) is 259 Å². The quantitative estimate of drug-likeness (QED) is 0.152. The molecular weight excluding hydrogens is 813 g/mol. The molecule has 0 unspecified atom stereocenters. The van der Waals surface area contributed by atoms with Crippen LogP contribution in [-0.2, 0) is 0 Å². The minimum Gasteiger partial charge on any atom is -0.456 e. The molecule has 13 rings (SSSR count). The Labute approximate surface area is 388 Å². The molecule has 3 nitrogen and oxygen atoms in total. The lowest BCUT2D eigenvalue weighted by Gasteiger charge is -2.29. The second-order valence-electron chi connectivity index (χ2n) is 17.3. The molecule has 3 heteroatoms. The zero-order valence-electron chi connectivity index (χ0n) is 36.6. The van der Waals surface area contributed by atoms with Gasteiger partial charge in [-0.15, -0.1) is 0 Å². The molecule has 314 valence electrons. The number of hydrogen-bond donors (Lipinski definition) is 0. The standard InChI is InChI=1S/C64H42N2O/c1-2-16-44(17-3-1)54-38-34-48(52-27-15-19-43-18-4-5-22-51(43)52)42-62(54)65(50-21-14-20-46(40-50)47-35-39-64-58(41-47)57-26-9-13-31-63(57)67-64)49-36-32-45(33-37-49)53-23-6-10-28-59(53)66-60-29-11-7-24-55(60)56-25-8-12-30-61(56)66/h1-42H. The Morgan fingerprint density at radius 1 is 0.299 bits per heavy atom. The molecule has 13 aromatic rings. The smallest absolute Gasteiger partial charge is 0.135 e. The molecule has 0 aliphatic heterocycles. The van der Waals surface area contributed by atoms with Crippen LogP contribution in [-0.4, -0.2) is 4.57 Å². The summed E-state index contributed by atoms with van der Waals surface area (Å²) in [6, 6.07) is 92.2. The van der Waals surface area contributed by atoms with Crippen molar-refractivity contribution in [3.05, 3.63) is 255 Å². The van der Waals surface area contributed by atoms with Crippen LogP contribution >= 0.6 is 0 Å². The van der Waals surface area contributed by atoms with Crippen molar-refractivity contribution >= 4 is 71.6 Å². The summed E-state index contributed by atoms with van der Waals surface area (Å²) in [4.78, 5) is 2.44. The van der Waals surface area contributed by atoms with Gasteiger partial charge in [0.25, 0.3) is 0 Å². The zero-order chi connectivity index (χ0) is 44.3. The molecule has 0 atom stereocenters. The van der Waals surface area contributed by atoms with E-state index >= 15 is 0 Å². The fourth-order valence-corrected chi connectivity index (χ4v) is 10.3. The van der Waals surface area contributed by atoms with E-state index in [1.54, 1.807) is 0 Å². The number of para-hydroxylation sites is 4. The van der Waals surface area contributed by atoms with Gasteiger partial charge in [-0.05, 0) is 111 Å². The van der Waals surface area contributed by atoms with Gasteiger partial charge in [0.15, 0.2) is 0 Å². The van der Waals surface area contributed by atoms with E-state index in [0.717, 1.165) is 78.1 Å². The average Bonchev–Trinajstić information content (AvgIpc) is 3.95. The molecule has 0 bridgehead atoms. The van der Waals surface area contributed by atoms with E-state index < -0.39 is 0 Å². The number of furan rings is 1. The fourth-order valence-electron chi connectivity index (χ4n) is 10.3. The minimum atomic E-state index is 0.889. The summed E-state index contributed by atoms with van der Waals surface area (Å²) in [5.74, 6) is 0. The number of nitrogens with zero attached hydrogens (tertiary/aromatic N) is 2. The second kappa shape index (κ2) is 16.0. The van der Waals surface area contributed by atoms with Gasteiger partial charge in [-0.3, -0.25) is 0 Å². The molecule has 0 saturated carbocycles. The van der Waals surface area contributed by atoms with Crippen molar-refractivity contribution < 1.29 is 4.42 Å². The molecule has 0 radical (unpaired) electrons. The highest BCUT2D eigenvalue weighted by Crippen LogP contribution is 2.46. The van der Waals surface area contributed by atoms with Crippen LogP contribution in [0.1, 0.15) is 0 Å². The maximum Gasteiger partial charge on any atom is 0.135 e. The predicted molar refractivity (Wildman–Crippen MR) is 282 cm³/mol. The molecule has 2 heterocycles. The van der Waals surface area contributed by atoms with Crippen molar-refractivity contribution in [3.8, 4) is 50.2 Å². The van der Waals surface area contributed by atoms with Crippen LogP contribution in [0.5, 0.6) is 0 Å². The van der Waals surface area contributed by atoms with Gasteiger partial charge in [-0.25, -0.2) is 0 Å². The number of anilines is 3. The van der Waals surface area contributed by atoms with E-state index in [-0.39, 0.29) is 0 Å². The van der Waals surface area contributed by atoms with Gasteiger partial charge in [0.1, 0.15) is 11.2 Å². The number of aromatic nitrogens is 1. The van der Waals surface area contributed by atoms with Gasteiger partial charge in [-0.1, -0.05) is 188 Å². The van der Waals surface area contributed by atoms with E-state index in [0.29, 0.717) is 0 Å². The molecule has 2 aromatic heterocycles. The molecule has 11 aromatic carbocycles. The molecule has 0 N–H and O–H groups in total. The maximum absolute atomic E-state index is 6.25. The summed E-state index contributed by atoms with van der Waals surface area (Å²) in [7, 11) is 0. The van der Waals surface area contributed by atoms with Crippen LogP contribution in [0, 0.1) is 0 Å². The summed E-state index contributed by atoms with van der Waals surface area (Å²) in [5, 5.41) is 7.18. The summed E-state index contributed by atoms with van der Waals surface area (Å²) in [6.45, 7) is 0. The maximum atomic E-state index is 6.25. The van der Waals surface area contributed by atoms with Gasteiger partial charge in [0.05, 0.1) is 22.4 Å². The average molecular weight is 855 g/mol. The molecule has 0 fully saturated rings. The molecule has 0 saturated heterocycles. The molecule has 0 spiro atoms. The third kappa shape index (κ3) is 6.59. The van der Waals surface area contributed by atoms with Gasteiger partial charge in [0, 0.05) is 44.0 Å². The van der Waals surface area contributed by atoms with Crippen LogP contribution in [0.2, 0.25) is 0 Å². The Morgan fingerprint density at radius 3 is 1.69 bits per heavy atom. The summed E-state index contributed by atoms with van der Waals surface area (Å²) < 4.78 is 8.67. The van der Waals surface area contributed by atoms with E-state index in [1.165, 1.54) is 43.7 Å². The highest BCUT2D eigenvalue weighted by Gasteiger charge is 2.21. The van der Waals surface area contributed by atoms with Crippen LogP contribution < -0.4 is 4.90 Å². The zero-order valence-corrected chi connectivity index (χ0v) is 36.6. The molecular formula is C64H42N2O. The Balaban J connectivity index is 1.01. The molecule has 0 aliphatic carbocycles. The van der Waals surface area contributed by atoms with Gasteiger partial charge < -0.3 is 13.9 Å². The van der Waals surface area contributed by atoms with E-state index in [9.17, 15) is 0 Å². The highest BCUT2D eigenvalue weighted by atomic mass is 16.3. The normalized spacial score (nSPS) is 11.6. The SMILES string of the molecule is c1ccc(-c2ccc(-c3cccc4ccccc34)cc2N(c2ccc(-c3ccccc3-n3c4ccccc4c4ccccc43)cc2)c2cccc(-c3ccc4oc5ccccc5c4c3)c2)cc1. The van der Waals surface area contributed by atoms with E-state index in [4.69, 9.17) is 4.42 Å². The third-order valence-corrected chi connectivity index (χ3v) is 13.4. The monoisotopic (exact) mass is 854 g/mol. The largest absolute Gasteiger partial charge is 0.456 e. The highest BCUT2D eigenvalue weighted by molar-refractivity contribution is 6.10. The first-order valence-corrected chi connectivity index (χ1v) is 22.9. The van der Waals surface area contributed by atoms with Crippen LogP contribution in [0.4, 0.5) is 17.1 Å². The number of benzene rings is 11. The van der Waals surface area contributed by atoms with Crippen molar-refractivity contribution in [2.75, 3.05) is 4.90 Å². The Bertz CT molecular complexity index is 3930. The topological polar surface area (TPSA) is 21.3 Å². The first-order valence-electron chi connectivity index (χ1n) is 22.9. The first-order chi connectivity index (χ1) is 33.2. The summed E-state index contributed by atoms with van der Waals surface area (Å²) in [6.07, 6.45) is 0. The Morgan fingerprint density at radius 2 is 0.866 bits per heavy atom. The Kier molecular flexibility index (Phi) is 9.17. The summed E-state index contributed by atoms with van der Waals surface area (Å²) >= 11 is 0. The summed E-state index contributed by atoms with van der Waals surface area (Å²) in [5.41, 5.74) is 17.7. The molecule has 67 heavy (non-hydrogen) atoms.